The van der Waals surface area contributed by atoms with Crippen molar-refractivity contribution in [2.45, 2.75) is 33.1 Å². The maximum atomic E-state index is 11.9. The molecule has 0 radical (unpaired) electrons. The van der Waals surface area contributed by atoms with E-state index in [1.165, 1.54) is 6.92 Å². The Morgan fingerprint density at radius 1 is 1.38 bits per heavy atom. The molecule has 0 spiro atoms. The Labute approximate surface area is 123 Å². The third kappa shape index (κ3) is 4.25. The largest absolute Gasteiger partial charge is 0.478 e. The quantitative estimate of drug-likeness (QED) is 0.680. The van der Waals surface area contributed by atoms with Crippen LogP contribution in [0.1, 0.15) is 33.1 Å². The monoisotopic (exact) mass is 314 g/mol. The molecule has 1 rings (SSSR count). The summed E-state index contributed by atoms with van der Waals surface area (Å²) in [5.74, 6) is -2.52. The Kier molecular flexibility index (Phi) is 5.42. The SMILES string of the molecule is C=C1C(C)=NC(=O)C(NS(=O)(=O)CCCCC)=C1C(=O)O. The minimum atomic E-state index is -3.80. The molecule has 0 aromatic rings. The van der Waals surface area contributed by atoms with Crippen molar-refractivity contribution in [1.29, 1.82) is 0 Å². The molecule has 21 heavy (non-hydrogen) atoms. The van der Waals surface area contributed by atoms with E-state index >= 15 is 0 Å². The second-order valence-electron chi connectivity index (χ2n) is 4.66. The van der Waals surface area contributed by atoms with Gasteiger partial charge >= 0.3 is 5.97 Å². The van der Waals surface area contributed by atoms with E-state index in [9.17, 15) is 18.0 Å². The molecule has 1 heterocycles. The van der Waals surface area contributed by atoms with Gasteiger partial charge in [0, 0.05) is 11.3 Å². The molecule has 0 aromatic carbocycles. The van der Waals surface area contributed by atoms with Gasteiger partial charge in [0.25, 0.3) is 5.91 Å². The van der Waals surface area contributed by atoms with Crippen LogP contribution in [0.15, 0.2) is 28.4 Å². The average molecular weight is 314 g/mol. The van der Waals surface area contributed by atoms with Gasteiger partial charge in [-0.1, -0.05) is 26.3 Å². The topological polar surface area (TPSA) is 113 Å². The Hall–Kier alpha value is -1.96. The summed E-state index contributed by atoms with van der Waals surface area (Å²) < 4.78 is 25.9. The third-order valence-corrected chi connectivity index (χ3v) is 4.30. The third-order valence-electron chi connectivity index (χ3n) is 2.96. The normalized spacial score (nSPS) is 16.0. The van der Waals surface area contributed by atoms with E-state index in [-0.39, 0.29) is 17.0 Å². The van der Waals surface area contributed by atoms with Crippen molar-refractivity contribution in [3.05, 3.63) is 23.4 Å². The predicted molar refractivity (Wildman–Crippen MR) is 78.4 cm³/mol. The highest BCUT2D eigenvalue weighted by Gasteiger charge is 2.31. The van der Waals surface area contributed by atoms with Gasteiger partial charge in [-0.25, -0.2) is 18.2 Å². The summed E-state index contributed by atoms with van der Waals surface area (Å²) in [4.78, 5) is 26.6. The zero-order valence-corrected chi connectivity index (χ0v) is 12.8. The molecule has 0 saturated heterocycles. The first-order valence-corrected chi connectivity index (χ1v) is 8.12. The summed E-state index contributed by atoms with van der Waals surface area (Å²) >= 11 is 0. The van der Waals surface area contributed by atoms with Gasteiger partial charge in [-0.2, -0.15) is 0 Å². The molecule has 0 atom stereocenters. The smallest absolute Gasteiger partial charge is 0.338 e. The fraction of sp³-hybridized carbons (Fsp3) is 0.462. The molecule has 0 saturated carbocycles. The van der Waals surface area contributed by atoms with Gasteiger partial charge in [-0.05, 0) is 13.3 Å². The number of amides is 1. The zero-order valence-electron chi connectivity index (χ0n) is 12.0. The number of aliphatic carboxylic acids is 1. The second kappa shape index (κ2) is 6.66. The minimum Gasteiger partial charge on any atom is -0.478 e. The minimum absolute atomic E-state index is 0.0216. The van der Waals surface area contributed by atoms with Crippen molar-refractivity contribution in [2.24, 2.45) is 4.99 Å². The molecular weight excluding hydrogens is 296 g/mol. The van der Waals surface area contributed by atoms with Crippen LogP contribution in [0.2, 0.25) is 0 Å². The van der Waals surface area contributed by atoms with E-state index in [1.807, 2.05) is 11.6 Å². The summed E-state index contributed by atoms with van der Waals surface area (Å²) in [5.41, 5.74) is -0.819. The van der Waals surface area contributed by atoms with E-state index in [1.54, 1.807) is 0 Å². The molecule has 1 amide bonds. The number of sulfonamides is 1. The summed E-state index contributed by atoms with van der Waals surface area (Å²) in [6.07, 6.45) is 2.00. The molecule has 1 aliphatic rings. The van der Waals surface area contributed by atoms with Gasteiger partial charge in [0.2, 0.25) is 10.0 Å². The number of carboxylic acids is 1. The van der Waals surface area contributed by atoms with Gasteiger partial charge in [-0.15, -0.1) is 0 Å². The highest BCUT2D eigenvalue weighted by Crippen LogP contribution is 2.21. The molecule has 0 aliphatic carbocycles. The van der Waals surface area contributed by atoms with Gasteiger partial charge < -0.3 is 5.11 Å². The van der Waals surface area contributed by atoms with Crippen LogP contribution in [0.25, 0.3) is 0 Å². The summed E-state index contributed by atoms with van der Waals surface area (Å²) in [7, 11) is -3.80. The fourth-order valence-corrected chi connectivity index (χ4v) is 2.98. The maximum absolute atomic E-state index is 11.9. The van der Waals surface area contributed by atoms with E-state index < -0.39 is 33.2 Å². The lowest BCUT2D eigenvalue weighted by Crippen LogP contribution is -2.34. The van der Waals surface area contributed by atoms with Crippen LogP contribution in [0, 0.1) is 0 Å². The fourth-order valence-electron chi connectivity index (χ4n) is 1.79. The van der Waals surface area contributed by atoms with E-state index in [2.05, 4.69) is 11.6 Å². The molecule has 0 fully saturated rings. The number of carbonyl (C=O) groups excluding carboxylic acids is 1. The lowest BCUT2D eigenvalue weighted by Gasteiger charge is -2.18. The molecule has 8 heteroatoms. The number of carbonyl (C=O) groups is 2. The van der Waals surface area contributed by atoms with Crippen LogP contribution in [0.3, 0.4) is 0 Å². The molecule has 0 bridgehead atoms. The number of carboxylic acid groups (broad SMARTS) is 1. The number of hydrogen-bond donors (Lipinski definition) is 2. The Bertz CT molecular complexity index is 643. The van der Waals surface area contributed by atoms with Crippen LogP contribution >= 0.6 is 0 Å². The number of nitrogens with zero attached hydrogens (tertiary/aromatic N) is 1. The van der Waals surface area contributed by atoms with Crippen LogP contribution in [-0.2, 0) is 19.6 Å². The van der Waals surface area contributed by atoms with Crippen molar-refractivity contribution in [3.8, 4) is 0 Å². The Balaban J connectivity index is 3.10. The molecular formula is C13H18N2O5S. The summed E-state index contributed by atoms with van der Waals surface area (Å²) in [5, 5.41) is 9.16. The van der Waals surface area contributed by atoms with Gasteiger partial charge in [0.15, 0.2) is 0 Å². The van der Waals surface area contributed by atoms with E-state index in [4.69, 9.17) is 5.11 Å². The van der Waals surface area contributed by atoms with E-state index in [0.29, 0.717) is 6.42 Å². The highest BCUT2D eigenvalue weighted by atomic mass is 32.2. The van der Waals surface area contributed by atoms with Crippen LogP contribution < -0.4 is 4.72 Å². The number of hydrogen-bond acceptors (Lipinski definition) is 4. The Morgan fingerprint density at radius 3 is 2.52 bits per heavy atom. The average Bonchev–Trinajstić information content (AvgIpc) is 2.35. The first-order valence-electron chi connectivity index (χ1n) is 6.47. The first kappa shape index (κ1) is 17.1. The van der Waals surface area contributed by atoms with Gasteiger partial charge in [-0.3, -0.25) is 9.52 Å². The Morgan fingerprint density at radius 2 is 2.00 bits per heavy atom. The van der Waals surface area contributed by atoms with Gasteiger partial charge in [0.05, 0.1) is 11.3 Å². The van der Waals surface area contributed by atoms with E-state index in [0.717, 1.165) is 12.8 Å². The number of unbranched alkanes of at least 4 members (excludes halogenated alkanes) is 2. The number of nitrogens with one attached hydrogen (secondary N) is 1. The summed E-state index contributed by atoms with van der Waals surface area (Å²) in [6.45, 7) is 6.90. The van der Waals surface area contributed by atoms with Crippen molar-refractivity contribution >= 4 is 27.6 Å². The molecule has 0 unspecified atom stereocenters. The number of dihydropyridines is 1. The van der Waals surface area contributed by atoms with Crippen molar-refractivity contribution in [2.75, 3.05) is 5.75 Å². The molecule has 0 aromatic heterocycles. The molecule has 116 valence electrons. The summed E-state index contributed by atoms with van der Waals surface area (Å²) in [6, 6.07) is 0. The van der Waals surface area contributed by atoms with Crippen molar-refractivity contribution in [1.82, 2.24) is 4.72 Å². The molecule has 1 aliphatic heterocycles. The standard InChI is InChI=1S/C13H18N2O5S/c1-4-5-6-7-21(19,20)15-11-10(13(17)18)8(2)9(3)14-12(11)16/h15H,2,4-7H2,1,3H3,(H,17,18). The lowest BCUT2D eigenvalue weighted by molar-refractivity contribution is -0.132. The lowest BCUT2D eigenvalue weighted by atomic mass is 9.99. The maximum Gasteiger partial charge on any atom is 0.338 e. The first-order chi connectivity index (χ1) is 9.69. The van der Waals surface area contributed by atoms with Crippen LogP contribution in [-0.4, -0.2) is 36.9 Å². The highest BCUT2D eigenvalue weighted by molar-refractivity contribution is 7.89. The second-order valence-corrected chi connectivity index (χ2v) is 6.51. The molecule has 7 nitrogen and oxygen atoms in total. The van der Waals surface area contributed by atoms with Crippen molar-refractivity contribution in [3.63, 3.8) is 0 Å². The number of aliphatic imine (C=N–C) groups is 1. The number of rotatable bonds is 7. The van der Waals surface area contributed by atoms with Crippen LogP contribution in [0.4, 0.5) is 0 Å². The molecule has 2 N–H and O–H groups in total. The van der Waals surface area contributed by atoms with Crippen molar-refractivity contribution < 1.29 is 23.1 Å². The van der Waals surface area contributed by atoms with Gasteiger partial charge in [0.1, 0.15) is 5.70 Å². The van der Waals surface area contributed by atoms with Crippen LogP contribution in [0.5, 0.6) is 0 Å². The predicted octanol–water partition coefficient (Wildman–Crippen LogP) is 0.992. The zero-order chi connectivity index (χ0) is 16.2.